The van der Waals surface area contributed by atoms with Gasteiger partial charge in [-0.2, -0.15) is 0 Å². The Morgan fingerprint density at radius 3 is 1.79 bits per heavy atom. The van der Waals surface area contributed by atoms with E-state index in [0.29, 0.717) is 17.7 Å². The fourth-order valence-electron chi connectivity index (χ4n) is 4.31. The lowest BCUT2D eigenvalue weighted by Crippen LogP contribution is -2.25. The van der Waals surface area contributed by atoms with Crippen LogP contribution < -0.4 is 15.9 Å². The van der Waals surface area contributed by atoms with Crippen molar-refractivity contribution in [1.82, 2.24) is 0 Å². The number of rotatable bonds is 11. The lowest BCUT2D eigenvalue weighted by atomic mass is 10.1. The van der Waals surface area contributed by atoms with Crippen molar-refractivity contribution in [2.45, 2.75) is 19.8 Å². The maximum Gasteiger partial charge on any atom is 0.340 e. The fourth-order valence-corrected chi connectivity index (χ4v) is 7.87. The minimum Gasteiger partial charge on any atom is -0.462 e. The summed E-state index contributed by atoms with van der Waals surface area (Å²) in [5.74, 6) is -0.676. The largest absolute Gasteiger partial charge is 0.462 e. The molecule has 0 aliphatic rings. The summed E-state index contributed by atoms with van der Waals surface area (Å²) in [5.41, 5.74) is 1.25. The molecule has 4 aromatic carbocycles. The van der Waals surface area contributed by atoms with Gasteiger partial charge >= 0.3 is 5.97 Å². The van der Waals surface area contributed by atoms with Crippen LogP contribution in [0.15, 0.2) is 126 Å². The van der Waals surface area contributed by atoms with Crippen LogP contribution in [-0.2, 0) is 9.53 Å². The van der Waals surface area contributed by atoms with Crippen LogP contribution in [0.2, 0.25) is 0 Å². The minimum atomic E-state index is -2.57. The first kappa shape index (κ1) is 27.7. The zero-order valence-corrected chi connectivity index (χ0v) is 22.7. The molecule has 198 valence electrons. The molecule has 0 unspecified atom stereocenters. The van der Waals surface area contributed by atoms with Gasteiger partial charge in [0.05, 0.1) is 19.3 Å². The molecule has 0 fully saturated rings. The Bertz CT molecular complexity index is 1380. The summed E-state index contributed by atoms with van der Waals surface area (Å²) in [4.78, 5) is 23.7. The van der Waals surface area contributed by atoms with Gasteiger partial charge in [-0.15, -0.1) is 0 Å². The molecule has 0 amide bonds. The molecule has 4 rings (SSSR count). The third kappa shape index (κ3) is 6.78. The van der Waals surface area contributed by atoms with Crippen molar-refractivity contribution in [1.29, 1.82) is 0 Å². The summed E-state index contributed by atoms with van der Waals surface area (Å²) < 4.78 is 10.8. The first-order valence-corrected chi connectivity index (χ1v) is 14.7. The third-order valence-corrected chi connectivity index (χ3v) is 9.86. The van der Waals surface area contributed by atoms with Crippen LogP contribution in [0.3, 0.4) is 0 Å². The second-order valence-corrected chi connectivity index (χ2v) is 12.0. The zero-order valence-electron chi connectivity index (χ0n) is 21.9. The maximum atomic E-state index is 12.8. The lowest BCUT2D eigenvalue weighted by molar-refractivity contribution is -0.470. The van der Waals surface area contributed by atoms with Gasteiger partial charge in [-0.1, -0.05) is 123 Å². The molecular weight excluding hydrogens is 507 g/mol. The fraction of sp³-hybridized carbons (Fsp3) is 0.156. The van der Waals surface area contributed by atoms with Crippen LogP contribution in [0.1, 0.15) is 25.3 Å². The number of hydrogen-bond donors (Lipinski definition) is 0. The number of carbonyl (C=O) groups excluding carboxylic acids is 1. The summed E-state index contributed by atoms with van der Waals surface area (Å²) in [7, 11) is -2.57. The Kier molecular flexibility index (Phi) is 9.60. The normalized spacial score (nSPS) is 11.6. The number of ether oxygens (including phenoxy) is 1. The SMILES string of the molecule is CCCCOC(=O)/C(=C/c1ccccc1N=P(c1ccccc1)(c1ccccc1)c1ccccc1)C[N+](=O)[O-]. The second-order valence-electron chi connectivity index (χ2n) is 8.95. The monoisotopic (exact) mass is 538 g/mol. The molecule has 7 heteroatoms. The molecule has 0 radical (unpaired) electrons. The van der Waals surface area contributed by atoms with E-state index < -0.39 is 24.5 Å². The first-order chi connectivity index (χ1) is 19.0. The molecule has 4 aromatic rings. The van der Waals surface area contributed by atoms with Crippen molar-refractivity contribution in [3.05, 3.63) is 137 Å². The predicted molar refractivity (Wildman–Crippen MR) is 159 cm³/mol. The van der Waals surface area contributed by atoms with Crippen molar-refractivity contribution in [2.24, 2.45) is 4.74 Å². The number of nitro groups is 1. The summed E-state index contributed by atoms with van der Waals surface area (Å²) in [5, 5.41) is 14.7. The van der Waals surface area contributed by atoms with Crippen molar-refractivity contribution in [2.75, 3.05) is 13.2 Å². The van der Waals surface area contributed by atoms with Crippen LogP contribution >= 0.6 is 7.05 Å². The lowest BCUT2D eigenvalue weighted by Gasteiger charge is -2.27. The van der Waals surface area contributed by atoms with E-state index in [1.807, 2.05) is 85.8 Å². The molecule has 0 saturated carbocycles. The van der Waals surface area contributed by atoms with E-state index in [0.717, 1.165) is 22.3 Å². The molecule has 0 N–H and O–H groups in total. The van der Waals surface area contributed by atoms with Gasteiger partial charge in [-0.3, -0.25) is 14.9 Å². The highest BCUT2D eigenvalue weighted by molar-refractivity contribution is 7.87. The summed E-state index contributed by atoms with van der Waals surface area (Å²) in [6, 6.07) is 38.1. The van der Waals surface area contributed by atoms with E-state index in [2.05, 4.69) is 36.4 Å². The molecular formula is C32H31N2O4P. The van der Waals surface area contributed by atoms with Crippen molar-refractivity contribution in [3.63, 3.8) is 0 Å². The predicted octanol–water partition coefficient (Wildman–Crippen LogP) is 6.50. The van der Waals surface area contributed by atoms with Crippen LogP contribution in [-0.4, -0.2) is 24.0 Å². The topological polar surface area (TPSA) is 81.8 Å². The number of benzene rings is 4. The Labute approximate surface area is 229 Å². The molecule has 6 nitrogen and oxygen atoms in total. The van der Waals surface area contributed by atoms with Gasteiger partial charge in [0.25, 0.3) is 0 Å². The molecule has 0 bridgehead atoms. The smallest absolute Gasteiger partial charge is 0.340 e. The van der Waals surface area contributed by atoms with Crippen LogP contribution in [0.25, 0.3) is 6.08 Å². The van der Waals surface area contributed by atoms with Gasteiger partial charge in [0.1, 0.15) is 5.57 Å². The average molecular weight is 539 g/mol. The van der Waals surface area contributed by atoms with E-state index >= 15 is 0 Å². The Hall–Kier alpha value is -4.28. The highest BCUT2D eigenvalue weighted by atomic mass is 31.2. The maximum absolute atomic E-state index is 12.8. The molecule has 0 aliphatic heterocycles. The van der Waals surface area contributed by atoms with Crippen LogP contribution in [0.5, 0.6) is 0 Å². The van der Waals surface area contributed by atoms with Gasteiger partial charge < -0.3 is 4.74 Å². The van der Waals surface area contributed by atoms with E-state index in [1.165, 1.54) is 0 Å². The molecule has 0 saturated heterocycles. The number of carbonyl (C=O) groups is 1. The summed E-state index contributed by atoms with van der Waals surface area (Å²) in [6.07, 6.45) is 3.10. The van der Waals surface area contributed by atoms with Crippen LogP contribution in [0, 0.1) is 10.1 Å². The number of nitrogens with zero attached hydrogens (tertiary/aromatic N) is 2. The molecule has 39 heavy (non-hydrogen) atoms. The highest BCUT2D eigenvalue weighted by Crippen LogP contribution is 2.49. The Morgan fingerprint density at radius 1 is 0.821 bits per heavy atom. The van der Waals surface area contributed by atoms with E-state index in [1.54, 1.807) is 6.08 Å². The zero-order chi connectivity index (χ0) is 27.5. The van der Waals surface area contributed by atoms with Gasteiger partial charge in [0.2, 0.25) is 6.54 Å². The van der Waals surface area contributed by atoms with E-state index in [9.17, 15) is 14.9 Å². The molecule has 0 heterocycles. The van der Waals surface area contributed by atoms with Gasteiger partial charge in [-0.25, -0.2) is 4.79 Å². The number of hydrogen-bond acceptors (Lipinski definition) is 5. The molecule has 0 atom stereocenters. The minimum absolute atomic E-state index is 0.0122. The van der Waals surface area contributed by atoms with E-state index in [-0.39, 0.29) is 12.2 Å². The number of esters is 1. The van der Waals surface area contributed by atoms with Gasteiger partial charge in [0.15, 0.2) is 0 Å². The van der Waals surface area contributed by atoms with Crippen molar-refractivity contribution < 1.29 is 14.5 Å². The highest BCUT2D eigenvalue weighted by Gasteiger charge is 2.28. The van der Waals surface area contributed by atoms with Gasteiger partial charge in [0, 0.05) is 26.4 Å². The van der Waals surface area contributed by atoms with E-state index in [4.69, 9.17) is 9.48 Å². The Balaban J connectivity index is 1.98. The molecule has 0 aromatic heterocycles. The average Bonchev–Trinajstić information content (AvgIpc) is 2.97. The Morgan fingerprint density at radius 2 is 1.31 bits per heavy atom. The van der Waals surface area contributed by atoms with Crippen molar-refractivity contribution in [3.8, 4) is 0 Å². The summed E-state index contributed by atoms with van der Waals surface area (Å²) >= 11 is 0. The second kappa shape index (κ2) is 13.5. The first-order valence-electron chi connectivity index (χ1n) is 12.9. The van der Waals surface area contributed by atoms with Crippen molar-refractivity contribution >= 4 is 40.7 Å². The third-order valence-electron chi connectivity index (χ3n) is 6.21. The van der Waals surface area contributed by atoms with Crippen LogP contribution in [0.4, 0.5) is 5.69 Å². The molecule has 0 aliphatic carbocycles. The number of unbranched alkanes of at least 4 members (excludes halogenated alkanes) is 1. The molecule has 0 spiro atoms. The summed E-state index contributed by atoms with van der Waals surface area (Å²) in [6.45, 7) is 1.58. The standard InChI is InChI=1S/C32H31N2O4P/c1-2-3-23-38-32(35)27(25-34(36)37)24-26-15-13-14-22-31(26)33-39(28-16-7-4-8-17-28,29-18-9-5-10-19-29)30-20-11-6-12-21-30/h4-22,24H,2-3,23,25H2,1H3/b27-24+. The van der Waals surface area contributed by atoms with Gasteiger partial charge in [-0.05, 0) is 18.6 Å². The quantitative estimate of drug-likeness (QED) is 0.0545.